The molecule has 2 rings (SSSR count). The lowest BCUT2D eigenvalue weighted by Gasteiger charge is -2.25. The van der Waals surface area contributed by atoms with Gasteiger partial charge >= 0.3 is 0 Å². The van der Waals surface area contributed by atoms with Crippen LogP contribution in [0.15, 0.2) is 22.7 Å². The molecule has 2 unspecified atom stereocenters. The normalized spacial score (nSPS) is 22.6. The SMILES string of the molecule is N#Cc1cc(Br)ccc1NC(=O)C1CCCC(N)C1. The lowest BCUT2D eigenvalue weighted by molar-refractivity contribution is -0.120. The second kappa shape index (κ2) is 6.18. The molecule has 1 saturated carbocycles. The Balaban J connectivity index is 2.08. The fraction of sp³-hybridized carbons (Fsp3) is 0.429. The van der Waals surface area contributed by atoms with E-state index in [2.05, 4.69) is 27.3 Å². The molecule has 100 valence electrons. The number of carbonyl (C=O) groups is 1. The Hall–Kier alpha value is -1.38. The highest BCUT2D eigenvalue weighted by atomic mass is 79.9. The van der Waals surface area contributed by atoms with Crippen LogP contribution in [0.25, 0.3) is 0 Å². The molecule has 1 aliphatic rings. The van der Waals surface area contributed by atoms with Crippen LogP contribution in [0.4, 0.5) is 5.69 Å². The summed E-state index contributed by atoms with van der Waals surface area (Å²) in [6, 6.07) is 7.44. The number of amides is 1. The summed E-state index contributed by atoms with van der Waals surface area (Å²) < 4.78 is 0.821. The molecule has 0 spiro atoms. The van der Waals surface area contributed by atoms with E-state index in [1.807, 2.05) is 6.07 Å². The number of hydrogen-bond donors (Lipinski definition) is 2. The second-order valence-corrected chi connectivity index (χ2v) is 5.83. The summed E-state index contributed by atoms with van der Waals surface area (Å²) >= 11 is 3.31. The van der Waals surface area contributed by atoms with Crippen LogP contribution < -0.4 is 11.1 Å². The van der Waals surface area contributed by atoms with Gasteiger partial charge in [0.2, 0.25) is 5.91 Å². The van der Waals surface area contributed by atoms with Crippen molar-refractivity contribution in [3.63, 3.8) is 0 Å². The molecule has 0 heterocycles. The number of halogens is 1. The molecule has 5 heteroatoms. The number of benzene rings is 1. The summed E-state index contributed by atoms with van der Waals surface area (Å²) in [6.07, 6.45) is 3.58. The molecule has 0 bridgehead atoms. The molecule has 1 fully saturated rings. The van der Waals surface area contributed by atoms with Gasteiger partial charge in [0, 0.05) is 16.4 Å². The van der Waals surface area contributed by atoms with Crippen molar-refractivity contribution >= 4 is 27.5 Å². The Morgan fingerprint density at radius 3 is 2.95 bits per heavy atom. The summed E-state index contributed by atoms with van der Waals surface area (Å²) in [5.41, 5.74) is 6.92. The number of carbonyl (C=O) groups excluding carboxylic acids is 1. The van der Waals surface area contributed by atoms with E-state index in [1.54, 1.807) is 12.1 Å². The van der Waals surface area contributed by atoms with Gasteiger partial charge in [0.15, 0.2) is 0 Å². The Morgan fingerprint density at radius 2 is 2.26 bits per heavy atom. The maximum atomic E-state index is 12.2. The van der Waals surface area contributed by atoms with Gasteiger partial charge in [0.25, 0.3) is 0 Å². The predicted molar refractivity (Wildman–Crippen MR) is 77.4 cm³/mol. The lowest BCUT2D eigenvalue weighted by Crippen LogP contribution is -2.34. The monoisotopic (exact) mass is 321 g/mol. The summed E-state index contributed by atoms with van der Waals surface area (Å²) in [4.78, 5) is 12.2. The zero-order valence-corrected chi connectivity index (χ0v) is 12.1. The van der Waals surface area contributed by atoms with E-state index in [-0.39, 0.29) is 17.9 Å². The molecule has 19 heavy (non-hydrogen) atoms. The fourth-order valence-corrected chi connectivity index (χ4v) is 2.78. The van der Waals surface area contributed by atoms with Crippen molar-refractivity contribution in [1.29, 1.82) is 5.26 Å². The minimum Gasteiger partial charge on any atom is -0.328 e. The first-order valence-electron chi connectivity index (χ1n) is 6.36. The van der Waals surface area contributed by atoms with Crippen molar-refractivity contribution in [2.75, 3.05) is 5.32 Å². The zero-order valence-electron chi connectivity index (χ0n) is 10.5. The number of nitriles is 1. The molecule has 1 aromatic rings. The third-order valence-corrected chi connectivity index (χ3v) is 3.94. The van der Waals surface area contributed by atoms with Crippen LogP contribution in [0.1, 0.15) is 31.2 Å². The summed E-state index contributed by atoms with van der Waals surface area (Å²) in [7, 11) is 0. The van der Waals surface area contributed by atoms with Crippen LogP contribution in [0.5, 0.6) is 0 Å². The molecular weight excluding hydrogens is 306 g/mol. The minimum absolute atomic E-state index is 0.0334. The van der Waals surface area contributed by atoms with Crippen LogP contribution in [-0.4, -0.2) is 11.9 Å². The maximum absolute atomic E-state index is 12.2. The minimum atomic E-state index is -0.0426. The van der Waals surface area contributed by atoms with Gasteiger partial charge in [0.05, 0.1) is 11.3 Å². The first kappa shape index (κ1) is 14.0. The molecule has 2 atom stereocenters. The van der Waals surface area contributed by atoms with Gasteiger partial charge in [-0.05, 0) is 37.5 Å². The van der Waals surface area contributed by atoms with Gasteiger partial charge in [-0.2, -0.15) is 5.26 Å². The zero-order chi connectivity index (χ0) is 13.8. The molecule has 0 radical (unpaired) electrons. The van der Waals surface area contributed by atoms with Crippen molar-refractivity contribution in [2.45, 2.75) is 31.7 Å². The number of nitrogens with zero attached hydrogens (tertiary/aromatic N) is 1. The van der Waals surface area contributed by atoms with E-state index in [1.165, 1.54) is 0 Å². The Kier molecular flexibility index (Phi) is 4.56. The largest absolute Gasteiger partial charge is 0.328 e. The van der Waals surface area contributed by atoms with Crippen LogP contribution in [0.3, 0.4) is 0 Å². The molecule has 0 saturated heterocycles. The molecule has 1 aromatic carbocycles. The highest BCUT2D eigenvalue weighted by Gasteiger charge is 2.25. The van der Waals surface area contributed by atoms with Crippen molar-refractivity contribution in [3.05, 3.63) is 28.2 Å². The van der Waals surface area contributed by atoms with Crippen LogP contribution in [-0.2, 0) is 4.79 Å². The van der Waals surface area contributed by atoms with Crippen molar-refractivity contribution in [2.24, 2.45) is 11.7 Å². The molecule has 0 aromatic heterocycles. The van der Waals surface area contributed by atoms with Crippen molar-refractivity contribution in [1.82, 2.24) is 0 Å². The maximum Gasteiger partial charge on any atom is 0.227 e. The smallest absolute Gasteiger partial charge is 0.227 e. The van der Waals surface area contributed by atoms with Crippen LogP contribution in [0.2, 0.25) is 0 Å². The third-order valence-electron chi connectivity index (χ3n) is 3.45. The summed E-state index contributed by atoms with van der Waals surface area (Å²) in [5.74, 6) is -0.0760. The molecular formula is C14H16BrN3O. The van der Waals surface area contributed by atoms with Gasteiger partial charge in [-0.25, -0.2) is 0 Å². The van der Waals surface area contributed by atoms with Gasteiger partial charge < -0.3 is 11.1 Å². The van der Waals surface area contributed by atoms with Gasteiger partial charge in [0.1, 0.15) is 6.07 Å². The molecule has 4 nitrogen and oxygen atoms in total. The average Bonchev–Trinajstić information content (AvgIpc) is 2.40. The van der Waals surface area contributed by atoms with E-state index >= 15 is 0 Å². The second-order valence-electron chi connectivity index (χ2n) is 4.91. The highest BCUT2D eigenvalue weighted by Crippen LogP contribution is 2.26. The van der Waals surface area contributed by atoms with E-state index in [0.29, 0.717) is 11.3 Å². The number of hydrogen-bond acceptors (Lipinski definition) is 3. The van der Waals surface area contributed by atoms with Crippen LogP contribution >= 0.6 is 15.9 Å². The quantitative estimate of drug-likeness (QED) is 0.879. The lowest BCUT2D eigenvalue weighted by atomic mass is 9.85. The van der Waals surface area contributed by atoms with E-state index in [0.717, 1.165) is 30.2 Å². The Morgan fingerprint density at radius 1 is 1.47 bits per heavy atom. The van der Waals surface area contributed by atoms with Gasteiger partial charge in [-0.15, -0.1) is 0 Å². The average molecular weight is 322 g/mol. The molecule has 0 aliphatic heterocycles. The van der Waals surface area contributed by atoms with E-state index in [9.17, 15) is 4.79 Å². The van der Waals surface area contributed by atoms with Crippen molar-refractivity contribution in [3.8, 4) is 6.07 Å². The first-order chi connectivity index (χ1) is 9.10. The molecule has 1 amide bonds. The van der Waals surface area contributed by atoms with E-state index in [4.69, 9.17) is 11.0 Å². The molecule has 3 N–H and O–H groups in total. The summed E-state index contributed by atoms with van der Waals surface area (Å²) in [6.45, 7) is 0. The molecule has 1 aliphatic carbocycles. The Labute approximate surface area is 121 Å². The van der Waals surface area contributed by atoms with Gasteiger partial charge in [-0.1, -0.05) is 22.4 Å². The van der Waals surface area contributed by atoms with E-state index < -0.39 is 0 Å². The van der Waals surface area contributed by atoms with Gasteiger partial charge in [-0.3, -0.25) is 4.79 Å². The highest BCUT2D eigenvalue weighted by molar-refractivity contribution is 9.10. The topological polar surface area (TPSA) is 78.9 Å². The predicted octanol–water partition coefficient (Wildman–Crippen LogP) is 2.78. The summed E-state index contributed by atoms with van der Waals surface area (Å²) in [5, 5.41) is 11.9. The Bertz CT molecular complexity index is 524. The fourth-order valence-electron chi connectivity index (χ4n) is 2.42. The first-order valence-corrected chi connectivity index (χ1v) is 7.15. The van der Waals surface area contributed by atoms with Crippen molar-refractivity contribution < 1.29 is 4.79 Å². The standard InChI is InChI=1S/C14H16BrN3O/c15-11-4-5-13(10(6-11)8-16)18-14(19)9-2-1-3-12(17)7-9/h4-6,9,12H,1-3,7,17H2,(H,18,19). The number of anilines is 1. The van der Waals surface area contributed by atoms with Crippen LogP contribution in [0, 0.1) is 17.2 Å². The number of rotatable bonds is 2. The number of nitrogens with one attached hydrogen (secondary N) is 1. The number of nitrogens with two attached hydrogens (primary N) is 1. The third kappa shape index (κ3) is 3.55.